The van der Waals surface area contributed by atoms with Gasteiger partial charge in [-0.05, 0) is 44.6 Å². The quantitative estimate of drug-likeness (QED) is 0.0365. The number of allylic oxidation sites excluding steroid dienone is 1. The van der Waals surface area contributed by atoms with E-state index in [0.29, 0.717) is 12.8 Å². The SMILES string of the molecule is CCCCCC/C=C\C(CCCCCCC(=O)NCC(=O)NC(CO)C(=O)O)OC(=O)CCCCCCCCCCCCC. The van der Waals surface area contributed by atoms with Crippen molar-refractivity contribution in [2.45, 2.75) is 174 Å². The van der Waals surface area contributed by atoms with Crippen molar-refractivity contribution >= 4 is 23.8 Å². The number of ether oxygens (including phenoxy) is 1. The molecule has 0 aliphatic carbocycles. The Kier molecular flexibility index (Phi) is 28.9. The molecule has 0 bridgehead atoms. The van der Waals surface area contributed by atoms with Crippen molar-refractivity contribution in [1.29, 1.82) is 0 Å². The molecule has 2 amide bonds. The highest BCUT2D eigenvalue weighted by Gasteiger charge is 2.18. The van der Waals surface area contributed by atoms with Crippen LogP contribution in [0.3, 0.4) is 0 Å². The lowest BCUT2D eigenvalue weighted by molar-refractivity contribution is -0.147. The van der Waals surface area contributed by atoms with Gasteiger partial charge in [0.05, 0.1) is 13.2 Å². The van der Waals surface area contributed by atoms with Crippen molar-refractivity contribution in [3.8, 4) is 0 Å². The minimum Gasteiger partial charge on any atom is -0.480 e. The third-order valence-electron chi connectivity index (χ3n) is 7.75. The smallest absolute Gasteiger partial charge is 0.328 e. The summed E-state index contributed by atoms with van der Waals surface area (Å²) in [5.41, 5.74) is 0. The van der Waals surface area contributed by atoms with Crippen LogP contribution >= 0.6 is 0 Å². The van der Waals surface area contributed by atoms with Gasteiger partial charge in [0, 0.05) is 12.8 Å². The molecular formula is C35H64N2O7. The van der Waals surface area contributed by atoms with Crippen LogP contribution in [0.1, 0.15) is 162 Å². The van der Waals surface area contributed by atoms with E-state index >= 15 is 0 Å². The number of hydrogen-bond donors (Lipinski definition) is 4. The normalized spacial score (nSPS) is 12.6. The molecule has 9 heteroatoms. The van der Waals surface area contributed by atoms with Gasteiger partial charge in [0.1, 0.15) is 12.1 Å². The summed E-state index contributed by atoms with van der Waals surface area (Å²) in [5.74, 6) is -2.40. The molecule has 0 fully saturated rings. The number of aliphatic carboxylic acids is 1. The van der Waals surface area contributed by atoms with Crippen LogP contribution in [-0.2, 0) is 23.9 Å². The average Bonchev–Trinajstić information content (AvgIpc) is 3.00. The Hall–Kier alpha value is -2.42. The predicted octanol–water partition coefficient (Wildman–Crippen LogP) is 7.14. The Morgan fingerprint density at radius 3 is 1.77 bits per heavy atom. The van der Waals surface area contributed by atoms with E-state index in [1.54, 1.807) is 0 Å². The van der Waals surface area contributed by atoms with Crippen LogP contribution < -0.4 is 10.6 Å². The van der Waals surface area contributed by atoms with Gasteiger partial charge in [-0.1, -0.05) is 116 Å². The van der Waals surface area contributed by atoms with E-state index in [1.807, 2.05) is 0 Å². The molecule has 0 aromatic rings. The largest absolute Gasteiger partial charge is 0.480 e. The summed E-state index contributed by atoms with van der Waals surface area (Å²) < 4.78 is 5.84. The first-order chi connectivity index (χ1) is 21.3. The Morgan fingerprint density at radius 2 is 1.20 bits per heavy atom. The van der Waals surface area contributed by atoms with Crippen LogP contribution in [0.5, 0.6) is 0 Å². The number of unbranched alkanes of at least 4 members (excludes halogenated alkanes) is 17. The summed E-state index contributed by atoms with van der Waals surface area (Å²) in [5, 5.41) is 22.4. The molecule has 0 rings (SSSR count). The van der Waals surface area contributed by atoms with Gasteiger partial charge in [-0.3, -0.25) is 14.4 Å². The number of aliphatic hydroxyl groups is 1. The molecule has 0 heterocycles. The van der Waals surface area contributed by atoms with Gasteiger partial charge >= 0.3 is 11.9 Å². The molecule has 0 aliphatic heterocycles. The highest BCUT2D eigenvalue weighted by Crippen LogP contribution is 2.15. The second-order valence-electron chi connectivity index (χ2n) is 12.0. The summed E-state index contributed by atoms with van der Waals surface area (Å²) >= 11 is 0. The Balaban J connectivity index is 4.23. The number of esters is 1. The zero-order chi connectivity index (χ0) is 32.7. The highest BCUT2D eigenvalue weighted by atomic mass is 16.5. The number of carbonyl (C=O) groups is 4. The number of carboxylic acids is 1. The number of nitrogens with one attached hydrogen (secondary N) is 2. The van der Waals surface area contributed by atoms with E-state index in [1.165, 1.54) is 77.0 Å². The van der Waals surface area contributed by atoms with E-state index in [4.69, 9.17) is 14.9 Å². The van der Waals surface area contributed by atoms with Gasteiger partial charge in [0.15, 0.2) is 0 Å². The number of aliphatic hydroxyl groups excluding tert-OH is 1. The molecule has 2 atom stereocenters. The molecule has 0 aromatic carbocycles. The summed E-state index contributed by atoms with van der Waals surface area (Å²) in [4.78, 5) is 47.1. The molecule has 4 N–H and O–H groups in total. The van der Waals surface area contributed by atoms with E-state index in [-0.39, 0.29) is 30.9 Å². The highest BCUT2D eigenvalue weighted by molar-refractivity contribution is 5.87. The predicted molar refractivity (Wildman–Crippen MR) is 176 cm³/mol. The molecule has 256 valence electrons. The maximum atomic E-state index is 12.5. The first kappa shape index (κ1) is 41.6. The van der Waals surface area contributed by atoms with Crippen LogP contribution in [0.4, 0.5) is 0 Å². The summed E-state index contributed by atoms with van der Waals surface area (Å²) in [6, 6.07) is -1.39. The molecule has 0 radical (unpaired) electrons. The second-order valence-corrected chi connectivity index (χ2v) is 12.0. The minimum absolute atomic E-state index is 0.115. The number of carbonyl (C=O) groups excluding carboxylic acids is 3. The van der Waals surface area contributed by atoms with Crippen molar-refractivity contribution < 1.29 is 34.1 Å². The lowest BCUT2D eigenvalue weighted by atomic mass is 10.1. The fourth-order valence-corrected chi connectivity index (χ4v) is 4.98. The molecule has 0 saturated carbocycles. The van der Waals surface area contributed by atoms with Gasteiger partial charge < -0.3 is 25.6 Å². The van der Waals surface area contributed by atoms with Gasteiger partial charge in [-0.2, -0.15) is 0 Å². The maximum Gasteiger partial charge on any atom is 0.328 e. The van der Waals surface area contributed by atoms with E-state index in [0.717, 1.165) is 51.4 Å². The average molecular weight is 625 g/mol. The van der Waals surface area contributed by atoms with Crippen molar-refractivity contribution in [2.75, 3.05) is 13.2 Å². The molecule has 9 nitrogen and oxygen atoms in total. The number of amides is 2. The monoisotopic (exact) mass is 624 g/mol. The minimum atomic E-state index is -1.39. The van der Waals surface area contributed by atoms with Crippen LogP contribution in [0.2, 0.25) is 0 Å². The van der Waals surface area contributed by atoms with Crippen molar-refractivity contribution in [3.63, 3.8) is 0 Å². The zero-order valence-electron chi connectivity index (χ0n) is 27.9. The second kappa shape index (κ2) is 30.6. The van der Waals surface area contributed by atoms with Crippen LogP contribution in [0.15, 0.2) is 12.2 Å². The molecule has 0 aromatic heterocycles. The third-order valence-corrected chi connectivity index (χ3v) is 7.75. The zero-order valence-corrected chi connectivity index (χ0v) is 27.9. The van der Waals surface area contributed by atoms with Gasteiger partial charge in [0.2, 0.25) is 11.8 Å². The third kappa shape index (κ3) is 27.2. The summed E-state index contributed by atoms with van der Waals surface area (Å²) in [6.07, 6.45) is 28.3. The first-order valence-electron chi connectivity index (χ1n) is 17.6. The summed E-state index contributed by atoms with van der Waals surface area (Å²) in [7, 11) is 0. The van der Waals surface area contributed by atoms with Crippen LogP contribution in [0.25, 0.3) is 0 Å². The molecule has 0 spiro atoms. The van der Waals surface area contributed by atoms with Crippen LogP contribution in [-0.4, -0.2) is 59.3 Å². The fourth-order valence-electron chi connectivity index (χ4n) is 4.98. The lowest BCUT2D eigenvalue weighted by Crippen LogP contribution is -2.47. The molecular weight excluding hydrogens is 560 g/mol. The lowest BCUT2D eigenvalue weighted by Gasteiger charge is -2.15. The molecule has 2 unspecified atom stereocenters. The van der Waals surface area contributed by atoms with Gasteiger partial charge in [-0.15, -0.1) is 0 Å². The number of rotatable bonds is 31. The van der Waals surface area contributed by atoms with Gasteiger partial charge in [-0.25, -0.2) is 4.79 Å². The maximum absolute atomic E-state index is 12.5. The fraction of sp³-hybridized carbons (Fsp3) is 0.829. The first-order valence-corrected chi connectivity index (χ1v) is 17.6. The number of carboxylic acid groups (broad SMARTS) is 1. The van der Waals surface area contributed by atoms with Crippen molar-refractivity contribution in [1.82, 2.24) is 10.6 Å². The van der Waals surface area contributed by atoms with Gasteiger partial charge in [0.25, 0.3) is 0 Å². The molecule has 0 aliphatic rings. The molecule has 0 saturated heterocycles. The Bertz CT molecular complexity index is 772. The Labute approximate surface area is 267 Å². The van der Waals surface area contributed by atoms with E-state index in [2.05, 4.69) is 36.6 Å². The standard InChI is InChI=1S/C35H64N2O7/c1-3-5-7-9-11-12-13-14-15-17-23-27-34(41)44-30(24-20-16-10-8-6-4-2)25-21-18-19-22-26-32(39)36-28-33(40)37-31(29-38)35(42)43/h20,24,30-31,38H,3-19,21-23,25-29H2,1-2H3,(H,36,39)(H,37,40)(H,42,43)/b24-20-. The van der Waals surface area contributed by atoms with Crippen molar-refractivity contribution in [2.24, 2.45) is 0 Å². The van der Waals surface area contributed by atoms with E-state index < -0.39 is 24.5 Å². The van der Waals surface area contributed by atoms with Crippen LogP contribution in [0, 0.1) is 0 Å². The molecule has 44 heavy (non-hydrogen) atoms. The Morgan fingerprint density at radius 1 is 0.682 bits per heavy atom. The van der Waals surface area contributed by atoms with Crippen molar-refractivity contribution in [3.05, 3.63) is 12.2 Å². The topological polar surface area (TPSA) is 142 Å². The number of hydrogen-bond acceptors (Lipinski definition) is 6. The van der Waals surface area contributed by atoms with E-state index in [9.17, 15) is 19.2 Å². The summed E-state index contributed by atoms with van der Waals surface area (Å²) in [6.45, 7) is 3.39.